The molecule has 1 rings (SSSR count). The molecule has 104 valence electrons. The lowest BCUT2D eigenvalue weighted by atomic mass is 10.0. The van der Waals surface area contributed by atoms with Crippen molar-refractivity contribution in [3.05, 3.63) is 0 Å². The van der Waals surface area contributed by atoms with E-state index in [1.165, 1.54) is 6.42 Å². The second kappa shape index (κ2) is 8.08. The summed E-state index contributed by atoms with van der Waals surface area (Å²) in [5.41, 5.74) is 0. The van der Waals surface area contributed by atoms with E-state index in [0.717, 1.165) is 38.6 Å². The molecule has 1 fully saturated rings. The number of carboxylic acid groups (broad SMARTS) is 1. The zero-order valence-electron chi connectivity index (χ0n) is 11.1. The fraction of sp³-hybridized carbons (Fsp3) is 0.846. The van der Waals surface area contributed by atoms with E-state index in [4.69, 9.17) is 5.11 Å². The van der Waals surface area contributed by atoms with Gasteiger partial charge in [0.15, 0.2) is 0 Å². The van der Waals surface area contributed by atoms with Crippen LogP contribution in [0.15, 0.2) is 0 Å². The number of hydrogen-bond acceptors (Lipinski definition) is 3. The zero-order valence-corrected chi connectivity index (χ0v) is 11.1. The van der Waals surface area contributed by atoms with Crippen LogP contribution >= 0.6 is 0 Å². The molecule has 1 heterocycles. The summed E-state index contributed by atoms with van der Waals surface area (Å²) in [6.45, 7) is 2.75. The number of nitrogens with one attached hydrogen (secondary N) is 2. The maximum Gasteiger partial charge on any atom is 0.326 e. The summed E-state index contributed by atoms with van der Waals surface area (Å²) in [5.74, 6) is -1.12. The van der Waals surface area contributed by atoms with Crippen molar-refractivity contribution in [2.75, 3.05) is 6.54 Å². The molecular weight excluding hydrogens is 232 g/mol. The van der Waals surface area contributed by atoms with Crippen LogP contribution < -0.4 is 10.6 Å². The minimum atomic E-state index is -0.948. The number of hydrogen-bond donors (Lipinski definition) is 3. The number of aliphatic carboxylic acids is 1. The monoisotopic (exact) mass is 256 g/mol. The van der Waals surface area contributed by atoms with Gasteiger partial charge in [0, 0.05) is 0 Å². The molecule has 0 aliphatic carbocycles. The van der Waals surface area contributed by atoms with Gasteiger partial charge in [0.2, 0.25) is 5.91 Å². The minimum absolute atomic E-state index is 0.169. The Morgan fingerprint density at radius 2 is 2.06 bits per heavy atom. The van der Waals surface area contributed by atoms with Crippen molar-refractivity contribution >= 4 is 11.9 Å². The highest BCUT2D eigenvalue weighted by molar-refractivity contribution is 5.86. The van der Waals surface area contributed by atoms with Gasteiger partial charge < -0.3 is 15.7 Å². The molecule has 0 aromatic rings. The van der Waals surface area contributed by atoms with Crippen LogP contribution in [0.1, 0.15) is 51.9 Å². The summed E-state index contributed by atoms with van der Waals surface area (Å²) in [6, 6.07) is -0.987. The molecule has 5 heteroatoms. The van der Waals surface area contributed by atoms with Crippen molar-refractivity contribution in [2.45, 2.75) is 64.0 Å². The molecule has 1 amide bonds. The summed E-state index contributed by atoms with van der Waals surface area (Å²) in [6.07, 6.45) is 6.49. The molecule has 0 aromatic carbocycles. The Kier molecular flexibility index (Phi) is 6.72. The Hall–Kier alpha value is -1.10. The highest BCUT2D eigenvalue weighted by Gasteiger charge is 2.24. The van der Waals surface area contributed by atoms with Gasteiger partial charge in [-0.1, -0.05) is 32.6 Å². The molecule has 1 aliphatic rings. The predicted octanol–water partition coefficient (Wildman–Crippen LogP) is 1.28. The third kappa shape index (κ3) is 5.04. The van der Waals surface area contributed by atoms with Gasteiger partial charge in [-0.3, -0.25) is 4.79 Å². The van der Waals surface area contributed by atoms with Gasteiger partial charge >= 0.3 is 5.97 Å². The van der Waals surface area contributed by atoms with Gasteiger partial charge in [0.05, 0.1) is 6.04 Å². The van der Waals surface area contributed by atoms with Crippen LogP contribution in [0.3, 0.4) is 0 Å². The number of carbonyl (C=O) groups excluding carboxylic acids is 1. The first-order valence-corrected chi connectivity index (χ1v) is 6.91. The van der Waals surface area contributed by atoms with Gasteiger partial charge in [-0.15, -0.1) is 0 Å². The van der Waals surface area contributed by atoms with Crippen LogP contribution in [0.2, 0.25) is 0 Å². The smallest absolute Gasteiger partial charge is 0.326 e. The Balaban J connectivity index is 2.47. The van der Waals surface area contributed by atoms with Gasteiger partial charge in [-0.25, -0.2) is 4.79 Å². The molecule has 1 saturated heterocycles. The van der Waals surface area contributed by atoms with E-state index < -0.39 is 12.0 Å². The molecule has 1 aliphatic heterocycles. The molecule has 0 bridgehead atoms. The highest BCUT2D eigenvalue weighted by atomic mass is 16.4. The molecule has 3 N–H and O–H groups in total. The van der Waals surface area contributed by atoms with Crippen LogP contribution in [0.5, 0.6) is 0 Å². The van der Waals surface area contributed by atoms with E-state index in [9.17, 15) is 9.59 Å². The Morgan fingerprint density at radius 3 is 2.72 bits per heavy atom. The van der Waals surface area contributed by atoms with E-state index in [2.05, 4.69) is 10.6 Å². The van der Waals surface area contributed by atoms with E-state index in [1.54, 1.807) is 0 Å². The average Bonchev–Trinajstić information content (AvgIpc) is 2.27. The second-order valence-corrected chi connectivity index (χ2v) is 4.90. The van der Waals surface area contributed by atoms with Crippen LogP contribution in [0.4, 0.5) is 0 Å². The van der Waals surface area contributed by atoms with Crippen LogP contribution in [-0.4, -0.2) is 35.6 Å². The SMILES string of the molecule is CCC[C@H](NC(=O)C1CCCCCCN1)C(=O)O. The standard InChI is InChI=1S/C13H24N2O3/c1-2-7-11(13(17)18)15-12(16)10-8-5-3-4-6-9-14-10/h10-11,14H,2-9H2,1H3,(H,15,16)(H,17,18)/t10?,11-/m0/s1. The second-order valence-electron chi connectivity index (χ2n) is 4.90. The first-order chi connectivity index (χ1) is 8.65. The molecule has 1 unspecified atom stereocenters. The van der Waals surface area contributed by atoms with Crippen molar-refractivity contribution < 1.29 is 14.7 Å². The normalized spacial score (nSPS) is 22.6. The number of carboxylic acids is 1. The third-order valence-corrected chi connectivity index (χ3v) is 3.32. The van der Waals surface area contributed by atoms with Crippen LogP contribution in [0, 0.1) is 0 Å². The largest absolute Gasteiger partial charge is 0.480 e. The predicted molar refractivity (Wildman–Crippen MR) is 69.4 cm³/mol. The lowest BCUT2D eigenvalue weighted by molar-refractivity contribution is -0.142. The molecule has 2 atom stereocenters. The molecule has 5 nitrogen and oxygen atoms in total. The first kappa shape index (κ1) is 15.0. The molecule has 0 aromatic heterocycles. The number of rotatable bonds is 5. The maximum atomic E-state index is 12.0. The van der Waals surface area contributed by atoms with Crippen molar-refractivity contribution in [1.29, 1.82) is 0 Å². The van der Waals surface area contributed by atoms with Gasteiger partial charge in [-0.05, 0) is 25.8 Å². The quantitative estimate of drug-likeness (QED) is 0.692. The fourth-order valence-corrected chi connectivity index (χ4v) is 2.25. The van der Waals surface area contributed by atoms with Crippen molar-refractivity contribution in [1.82, 2.24) is 10.6 Å². The van der Waals surface area contributed by atoms with E-state index >= 15 is 0 Å². The Bertz CT molecular complexity index is 273. The summed E-state index contributed by atoms with van der Waals surface area (Å²) in [7, 11) is 0. The topological polar surface area (TPSA) is 78.4 Å². The zero-order chi connectivity index (χ0) is 13.4. The van der Waals surface area contributed by atoms with E-state index in [-0.39, 0.29) is 11.9 Å². The fourth-order valence-electron chi connectivity index (χ4n) is 2.25. The number of carbonyl (C=O) groups is 2. The Morgan fingerprint density at radius 1 is 1.33 bits per heavy atom. The average molecular weight is 256 g/mol. The van der Waals surface area contributed by atoms with E-state index in [1.807, 2.05) is 6.92 Å². The Labute approximate surface area is 108 Å². The molecular formula is C13H24N2O3. The summed E-state index contributed by atoms with van der Waals surface area (Å²) < 4.78 is 0. The maximum absolute atomic E-state index is 12.0. The minimum Gasteiger partial charge on any atom is -0.480 e. The van der Waals surface area contributed by atoms with Crippen molar-refractivity contribution in [3.63, 3.8) is 0 Å². The molecule has 0 spiro atoms. The van der Waals surface area contributed by atoms with Gasteiger partial charge in [0.25, 0.3) is 0 Å². The first-order valence-electron chi connectivity index (χ1n) is 6.91. The van der Waals surface area contributed by atoms with Crippen LogP contribution in [-0.2, 0) is 9.59 Å². The molecule has 0 radical (unpaired) electrons. The molecule has 18 heavy (non-hydrogen) atoms. The third-order valence-electron chi connectivity index (χ3n) is 3.32. The van der Waals surface area contributed by atoms with Crippen molar-refractivity contribution in [3.8, 4) is 0 Å². The number of amides is 1. The van der Waals surface area contributed by atoms with Crippen LogP contribution in [0.25, 0.3) is 0 Å². The van der Waals surface area contributed by atoms with Gasteiger partial charge in [0.1, 0.15) is 6.04 Å². The highest BCUT2D eigenvalue weighted by Crippen LogP contribution is 2.10. The summed E-state index contributed by atoms with van der Waals surface area (Å²) in [4.78, 5) is 23.0. The molecule has 0 saturated carbocycles. The lowest BCUT2D eigenvalue weighted by Gasteiger charge is -2.22. The van der Waals surface area contributed by atoms with Gasteiger partial charge in [-0.2, -0.15) is 0 Å². The summed E-state index contributed by atoms with van der Waals surface area (Å²) >= 11 is 0. The van der Waals surface area contributed by atoms with E-state index in [0.29, 0.717) is 6.42 Å². The lowest BCUT2D eigenvalue weighted by Crippen LogP contribution is -2.50. The van der Waals surface area contributed by atoms with Crippen molar-refractivity contribution in [2.24, 2.45) is 0 Å². The summed E-state index contributed by atoms with van der Waals surface area (Å²) in [5, 5.41) is 14.9.